The summed E-state index contributed by atoms with van der Waals surface area (Å²) in [5.41, 5.74) is -5.64. The Hall–Kier alpha value is -2.33. The Bertz CT molecular complexity index is 962. The fourth-order valence-electron chi connectivity index (χ4n) is 1.97. The number of rotatable bonds is 6. The van der Waals surface area contributed by atoms with Crippen LogP contribution in [0.1, 0.15) is 18.1 Å². The van der Waals surface area contributed by atoms with Crippen molar-refractivity contribution >= 4 is 33.0 Å². The van der Waals surface area contributed by atoms with Crippen LogP contribution in [0.4, 0.5) is 23.2 Å². The summed E-state index contributed by atoms with van der Waals surface area (Å²) in [7, 11) is -5.63. The molecule has 11 heteroatoms. The number of anilines is 1. The van der Waals surface area contributed by atoms with E-state index in [1.54, 1.807) is 6.07 Å². The lowest BCUT2D eigenvalue weighted by Gasteiger charge is -2.14. The SMILES string of the molecule is C/C(=N\OCc1ccccc1F)c1cc(Cl)ccc1NS(=O)(=O)C(F)(F)F. The number of benzene rings is 2. The van der Waals surface area contributed by atoms with E-state index in [9.17, 15) is 26.0 Å². The Labute approximate surface area is 157 Å². The van der Waals surface area contributed by atoms with E-state index in [0.29, 0.717) is 0 Å². The lowest BCUT2D eigenvalue weighted by Crippen LogP contribution is -2.30. The van der Waals surface area contributed by atoms with Crippen molar-refractivity contribution < 1.29 is 30.8 Å². The van der Waals surface area contributed by atoms with Gasteiger partial charge in [0.05, 0.1) is 11.4 Å². The standard InChI is InChI=1S/C16H13ClF4N2O3S/c1-10(22-26-9-11-4-2-3-5-14(11)18)13-8-12(17)6-7-15(13)23-27(24,25)16(19,20)21/h2-8,23H,9H2,1H3/b22-10+. The monoisotopic (exact) mass is 424 g/mol. The molecular weight excluding hydrogens is 412 g/mol. The molecule has 1 N–H and O–H groups in total. The number of hydrogen-bond donors (Lipinski definition) is 1. The number of hydrogen-bond acceptors (Lipinski definition) is 4. The lowest BCUT2D eigenvalue weighted by molar-refractivity contribution is -0.0429. The average molecular weight is 425 g/mol. The molecule has 2 aromatic carbocycles. The average Bonchev–Trinajstić information content (AvgIpc) is 2.57. The van der Waals surface area contributed by atoms with E-state index in [-0.39, 0.29) is 34.2 Å². The van der Waals surface area contributed by atoms with E-state index in [1.807, 2.05) is 0 Å². The molecule has 0 bridgehead atoms. The molecule has 0 heterocycles. The summed E-state index contributed by atoms with van der Waals surface area (Å²) < 4.78 is 75.4. The summed E-state index contributed by atoms with van der Waals surface area (Å²) >= 11 is 5.83. The van der Waals surface area contributed by atoms with E-state index in [2.05, 4.69) is 5.16 Å². The van der Waals surface area contributed by atoms with E-state index in [0.717, 1.165) is 6.07 Å². The second-order valence-electron chi connectivity index (χ2n) is 5.28. The normalized spacial score (nSPS) is 12.7. The van der Waals surface area contributed by atoms with Crippen molar-refractivity contribution in [2.24, 2.45) is 5.16 Å². The second-order valence-corrected chi connectivity index (χ2v) is 7.39. The highest BCUT2D eigenvalue weighted by Gasteiger charge is 2.46. The van der Waals surface area contributed by atoms with E-state index in [1.165, 1.54) is 42.0 Å². The van der Waals surface area contributed by atoms with Crippen LogP contribution in [-0.4, -0.2) is 19.6 Å². The number of sulfonamides is 1. The number of alkyl halides is 3. The van der Waals surface area contributed by atoms with Gasteiger partial charge >= 0.3 is 15.5 Å². The third-order valence-corrected chi connectivity index (χ3v) is 4.63. The van der Waals surface area contributed by atoms with Crippen molar-refractivity contribution in [2.45, 2.75) is 19.0 Å². The van der Waals surface area contributed by atoms with Crippen LogP contribution < -0.4 is 4.72 Å². The van der Waals surface area contributed by atoms with Gasteiger partial charge in [-0.15, -0.1) is 0 Å². The van der Waals surface area contributed by atoms with Crippen LogP contribution in [0, 0.1) is 5.82 Å². The fraction of sp³-hybridized carbons (Fsp3) is 0.188. The van der Waals surface area contributed by atoms with Crippen LogP contribution in [0.5, 0.6) is 0 Å². The topological polar surface area (TPSA) is 67.8 Å². The first-order chi connectivity index (χ1) is 12.5. The minimum atomic E-state index is -5.63. The summed E-state index contributed by atoms with van der Waals surface area (Å²) in [6.45, 7) is 1.15. The summed E-state index contributed by atoms with van der Waals surface area (Å²) in [6.07, 6.45) is 0. The molecule has 0 radical (unpaired) electrons. The zero-order valence-corrected chi connectivity index (χ0v) is 15.3. The number of oxime groups is 1. The molecule has 0 saturated carbocycles. The molecule has 0 saturated heterocycles. The molecule has 0 fully saturated rings. The first-order valence-electron chi connectivity index (χ1n) is 7.30. The van der Waals surface area contributed by atoms with Crippen molar-refractivity contribution in [3.63, 3.8) is 0 Å². The zero-order chi connectivity index (χ0) is 20.2. The fourth-order valence-corrected chi connectivity index (χ4v) is 2.73. The van der Waals surface area contributed by atoms with Gasteiger partial charge in [0.1, 0.15) is 12.4 Å². The van der Waals surface area contributed by atoms with Crippen molar-refractivity contribution in [2.75, 3.05) is 4.72 Å². The highest BCUT2D eigenvalue weighted by atomic mass is 35.5. The van der Waals surface area contributed by atoms with Crippen LogP contribution in [-0.2, 0) is 21.5 Å². The van der Waals surface area contributed by atoms with Gasteiger partial charge in [0.25, 0.3) is 0 Å². The molecule has 0 spiro atoms. The molecule has 0 aromatic heterocycles. The van der Waals surface area contributed by atoms with Crippen molar-refractivity contribution in [1.82, 2.24) is 0 Å². The lowest BCUT2D eigenvalue weighted by atomic mass is 10.1. The molecule has 0 aliphatic carbocycles. The molecule has 2 aromatic rings. The minimum absolute atomic E-state index is 0.0242. The van der Waals surface area contributed by atoms with E-state index in [4.69, 9.17) is 16.4 Å². The Kier molecular flexibility index (Phi) is 6.32. The largest absolute Gasteiger partial charge is 0.516 e. The predicted octanol–water partition coefficient (Wildman–Crippen LogP) is 4.68. The Morgan fingerprint density at radius 3 is 2.52 bits per heavy atom. The van der Waals surface area contributed by atoms with Crippen LogP contribution in [0.15, 0.2) is 47.6 Å². The quantitative estimate of drug-likeness (QED) is 0.416. The molecule has 27 heavy (non-hydrogen) atoms. The molecule has 0 atom stereocenters. The van der Waals surface area contributed by atoms with Gasteiger partial charge in [-0.1, -0.05) is 35.0 Å². The van der Waals surface area contributed by atoms with Gasteiger partial charge in [-0.05, 0) is 31.2 Å². The molecule has 5 nitrogen and oxygen atoms in total. The highest BCUT2D eigenvalue weighted by Crippen LogP contribution is 2.29. The molecule has 0 amide bonds. The molecule has 2 rings (SSSR count). The van der Waals surface area contributed by atoms with Crippen LogP contribution >= 0.6 is 11.6 Å². The van der Waals surface area contributed by atoms with Crippen molar-refractivity contribution in [3.05, 3.63) is 64.4 Å². The first kappa shape index (κ1) is 21.0. The number of nitrogens with zero attached hydrogens (tertiary/aromatic N) is 1. The van der Waals surface area contributed by atoms with Crippen LogP contribution in [0.2, 0.25) is 5.02 Å². The minimum Gasteiger partial charge on any atom is -0.391 e. The highest BCUT2D eigenvalue weighted by molar-refractivity contribution is 7.93. The van der Waals surface area contributed by atoms with Gasteiger partial charge in [0.2, 0.25) is 0 Å². The van der Waals surface area contributed by atoms with Crippen molar-refractivity contribution in [1.29, 1.82) is 0 Å². The summed E-state index contributed by atoms with van der Waals surface area (Å²) in [5.74, 6) is -0.508. The third kappa shape index (κ3) is 5.33. The molecule has 0 aliphatic rings. The Balaban J connectivity index is 2.26. The van der Waals surface area contributed by atoms with Gasteiger partial charge in [0.15, 0.2) is 0 Å². The number of nitrogens with one attached hydrogen (secondary N) is 1. The second kappa shape index (κ2) is 8.13. The van der Waals surface area contributed by atoms with Crippen molar-refractivity contribution in [3.8, 4) is 0 Å². The van der Waals surface area contributed by atoms with Gasteiger partial charge in [-0.25, -0.2) is 4.39 Å². The Morgan fingerprint density at radius 2 is 1.89 bits per heavy atom. The van der Waals surface area contributed by atoms with E-state index >= 15 is 0 Å². The van der Waals surface area contributed by atoms with Gasteiger partial charge in [-0.3, -0.25) is 4.72 Å². The molecule has 0 aliphatic heterocycles. The van der Waals surface area contributed by atoms with Crippen LogP contribution in [0.3, 0.4) is 0 Å². The Morgan fingerprint density at radius 1 is 1.22 bits per heavy atom. The van der Waals surface area contributed by atoms with Crippen LogP contribution in [0.25, 0.3) is 0 Å². The predicted molar refractivity (Wildman–Crippen MR) is 93.4 cm³/mol. The first-order valence-corrected chi connectivity index (χ1v) is 9.16. The summed E-state index contributed by atoms with van der Waals surface area (Å²) in [4.78, 5) is 5.01. The maximum absolute atomic E-state index is 13.5. The third-order valence-electron chi connectivity index (χ3n) is 3.30. The summed E-state index contributed by atoms with van der Waals surface area (Å²) in [6, 6.07) is 9.31. The zero-order valence-electron chi connectivity index (χ0n) is 13.7. The smallest absolute Gasteiger partial charge is 0.391 e. The molecular formula is C16H13ClF4N2O3S. The van der Waals surface area contributed by atoms with Gasteiger partial charge in [-0.2, -0.15) is 21.6 Å². The number of halogens is 5. The maximum Gasteiger partial charge on any atom is 0.516 e. The maximum atomic E-state index is 13.5. The molecule has 0 unspecified atom stereocenters. The molecule has 146 valence electrons. The van der Waals surface area contributed by atoms with Gasteiger partial charge < -0.3 is 4.84 Å². The van der Waals surface area contributed by atoms with Gasteiger partial charge in [0, 0.05) is 16.1 Å². The van der Waals surface area contributed by atoms with E-state index < -0.39 is 21.3 Å². The summed E-state index contributed by atoms with van der Waals surface area (Å²) in [5, 5.41) is 3.84.